The van der Waals surface area contributed by atoms with Crippen molar-refractivity contribution in [3.8, 4) is 5.75 Å². The number of anilines is 1. The highest BCUT2D eigenvalue weighted by Crippen LogP contribution is 2.34. The van der Waals surface area contributed by atoms with E-state index in [1.807, 2.05) is 36.4 Å². The molecular weight excluding hydrogens is 494 g/mol. The molecule has 5 rings (SSSR count). The number of methoxy groups -OCH3 is 1. The van der Waals surface area contributed by atoms with Crippen LogP contribution in [0.4, 0.5) is 5.82 Å². The van der Waals surface area contributed by atoms with Crippen LogP contribution in [0, 0.1) is 0 Å². The second kappa shape index (κ2) is 10.4. The van der Waals surface area contributed by atoms with Gasteiger partial charge < -0.3 is 14.5 Å². The number of benzene rings is 1. The summed E-state index contributed by atoms with van der Waals surface area (Å²) >= 11 is 6.76. The van der Waals surface area contributed by atoms with Crippen molar-refractivity contribution in [3.63, 3.8) is 0 Å². The molecule has 2 aromatic heterocycles. The molecule has 4 heterocycles. The van der Waals surface area contributed by atoms with E-state index in [-0.39, 0.29) is 11.5 Å². The standard InChI is InChI=1S/C26H27N5O3S2/c1-3-28-12-14-29(15-13-28)23-20(24(32)30-11-5-4-6-22(30)27-23)16-21-25(33)31(26(35)36-21)17-18-7-9-19(34-2)10-8-18/h4-11,16H,3,12-15,17H2,1-2H3/b21-16-. The zero-order chi connectivity index (χ0) is 25.2. The molecule has 36 heavy (non-hydrogen) atoms. The number of carbonyl (C=O) groups excluding carboxylic acids is 1. The summed E-state index contributed by atoms with van der Waals surface area (Å²) in [5.41, 5.74) is 1.73. The molecule has 0 bridgehead atoms. The Morgan fingerprint density at radius 3 is 2.53 bits per heavy atom. The SMILES string of the molecule is CCN1CCN(c2nc3ccccn3c(=O)c2/C=C2\SC(=S)N(Cc3ccc(OC)cc3)C2=O)CC1. The predicted molar refractivity (Wildman–Crippen MR) is 147 cm³/mol. The van der Waals surface area contributed by atoms with Gasteiger partial charge >= 0.3 is 0 Å². The van der Waals surface area contributed by atoms with Crippen LogP contribution in [0.15, 0.2) is 58.4 Å². The summed E-state index contributed by atoms with van der Waals surface area (Å²) in [6.07, 6.45) is 3.37. The molecule has 10 heteroatoms. The lowest BCUT2D eigenvalue weighted by atomic mass is 10.2. The van der Waals surface area contributed by atoms with Gasteiger partial charge in [0.2, 0.25) is 0 Å². The van der Waals surface area contributed by atoms with Crippen LogP contribution in [0.5, 0.6) is 5.75 Å². The molecule has 0 aliphatic carbocycles. The van der Waals surface area contributed by atoms with Gasteiger partial charge in [0.1, 0.15) is 21.5 Å². The van der Waals surface area contributed by atoms with Gasteiger partial charge in [-0.3, -0.25) is 18.9 Å². The van der Waals surface area contributed by atoms with E-state index in [0.29, 0.717) is 32.8 Å². The minimum absolute atomic E-state index is 0.200. The van der Waals surface area contributed by atoms with Crippen LogP contribution in [0.1, 0.15) is 18.1 Å². The van der Waals surface area contributed by atoms with E-state index >= 15 is 0 Å². The molecule has 1 amide bonds. The molecule has 0 radical (unpaired) electrons. The van der Waals surface area contributed by atoms with Crippen molar-refractivity contribution >= 4 is 51.7 Å². The van der Waals surface area contributed by atoms with Gasteiger partial charge in [-0.25, -0.2) is 4.98 Å². The zero-order valence-electron chi connectivity index (χ0n) is 20.2. The number of thiocarbonyl (C=S) groups is 1. The van der Waals surface area contributed by atoms with Crippen LogP contribution in [0.3, 0.4) is 0 Å². The zero-order valence-corrected chi connectivity index (χ0v) is 21.8. The van der Waals surface area contributed by atoms with E-state index in [0.717, 1.165) is 44.0 Å². The Balaban J connectivity index is 1.50. The number of thioether (sulfide) groups is 1. The van der Waals surface area contributed by atoms with Crippen molar-refractivity contribution < 1.29 is 9.53 Å². The van der Waals surface area contributed by atoms with E-state index in [1.54, 1.807) is 30.3 Å². The van der Waals surface area contributed by atoms with Crippen LogP contribution in [-0.2, 0) is 11.3 Å². The molecule has 0 spiro atoms. The van der Waals surface area contributed by atoms with Gasteiger partial charge in [0.15, 0.2) is 0 Å². The summed E-state index contributed by atoms with van der Waals surface area (Å²) in [4.78, 5) is 38.3. The first kappa shape index (κ1) is 24.5. The second-order valence-corrected chi connectivity index (χ2v) is 10.3. The number of ether oxygens (including phenoxy) is 1. The van der Waals surface area contributed by atoms with Crippen LogP contribution in [-0.4, -0.2) is 69.2 Å². The fraction of sp³-hybridized carbons (Fsp3) is 0.308. The largest absolute Gasteiger partial charge is 0.497 e. The highest BCUT2D eigenvalue weighted by atomic mass is 32.2. The molecule has 2 aliphatic rings. The Morgan fingerprint density at radius 2 is 1.83 bits per heavy atom. The summed E-state index contributed by atoms with van der Waals surface area (Å²) in [5.74, 6) is 1.16. The molecule has 0 unspecified atom stereocenters. The molecule has 8 nitrogen and oxygen atoms in total. The van der Waals surface area contributed by atoms with E-state index in [9.17, 15) is 9.59 Å². The Hall–Kier alpha value is -3.21. The molecule has 0 atom stereocenters. The van der Waals surface area contributed by atoms with Gasteiger partial charge in [0.25, 0.3) is 11.5 Å². The smallest absolute Gasteiger partial charge is 0.267 e. The van der Waals surface area contributed by atoms with E-state index in [1.165, 1.54) is 16.2 Å². The number of hydrogen-bond donors (Lipinski definition) is 0. The Labute approximate surface area is 219 Å². The van der Waals surface area contributed by atoms with Gasteiger partial charge in [0.05, 0.1) is 24.1 Å². The average Bonchev–Trinajstić information content (AvgIpc) is 3.18. The van der Waals surface area contributed by atoms with Crippen molar-refractivity contribution in [3.05, 3.63) is 75.0 Å². The van der Waals surface area contributed by atoms with E-state index in [2.05, 4.69) is 16.7 Å². The normalized spacial score (nSPS) is 18.0. The maximum atomic E-state index is 13.6. The van der Waals surface area contributed by atoms with Gasteiger partial charge in [-0.2, -0.15) is 0 Å². The minimum Gasteiger partial charge on any atom is -0.497 e. The number of amides is 1. The summed E-state index contributed by atoms with van der Waals surface area (Å²) in [5, 5.41) is 0. The molecule has 2 fully saturated rings. The molecule has 0 N–H and O–H groups in total. The van der Waals surface area contributed by atoms with Gasteiger partial charge in [-0.1, -0.05) is 49.1 Å². The number of carbonyl (C=O) groups is 1. The summed E-state index contributed by atoms with van der Waals surface area (Å²) in [6.45, 7) is 6.82. The van der Waals surface area contributed by atoms with E-state index in [4.69, 9.17) is 21.9 Å². The maximum Gasteiger partial charge on any atom is 0.267 e. The summed E-state index contributed by atoms with van der Waals surface area (Å²) in [6, 6.07) is 13.0. The maximum absolute atomic E-state index is 13.6. The first-order valence-corrected chi connectivity index (χ1v) is 13.1. The fourth-order valence-electron chi connectivity index (χ4n) is 4.42. The number of piperazine rings is 1. The third-order valence-corrected chi connectivity index (χ3v) is 7.89. The van der Waals surface area contributed by atoms with E-state index < -0.39 is 0 Å². The van der Waals surface area contributed by atoms with Crippen molar-refractivity contribution in [1.29, 1.82) is 0 Å². The molecule has 186 valence electrons. The Bertz CT molecular complexity index is 1390. The Morgan fingerprint density at radius 1 is 1.08 bits per heavy atom. The third kappa shape index (κ3) is 4.76. The highest BCUT2D eigenvalue weighted by molar-refractivity contribution is 8.26. The molecule has 3 aromatic rings. The number of aromatic nitrogens is 2. The minimum atomic E-state index is -0.208. The fourth-order valence-corrected chi connectivity index (χ4v) is 5.65. The lowest BCUT2D eigenvalue weighted by Crippen LogP contribution is -2.47. The van der Waals surface area contributed by atoms with Crippen molar-refractivity contribution in [2.45, 2.75) is 13.5 Å². The second-order valence-electron chi connectivity index (χ2n) is 8.62. The monoisotopic (exact) mass is 521 g/mol. The quantitative estimate of drug-likeness (QED) is 0.362. The summed E-state index contributed by atoms with van der Waals surface area (Å²) < 4.78 is 7.21. The predicted octanol–water partition coefficient (Wildman–Crippen LogP) is 3.25. The lowest BCUT2D eigenvalue weighted by Gasteiger charge is -2.35. The van der Waals surface area contributed by atoms with Crippen LogP contribution < -0.4 is 15.2 Å². The molecular formula is C26H27N5O3S2. The highest BCUT2D eigenvalue weighted by Gasteiger charge is 2.33. The topological polar surface area (TPSA) is 70.4 Å². The Kier molecular flexibility index (Phi) is 7.08. The van der Waals surface area contributed by atoms with Crippen LogP contribution in [0.2, 0.25) is 0 Å². The first-order chi connectivity index (χ1) is 17.5. The molecule has 0 saturated carbocycles. The van der Waals surface area contributed by atoms with Crippen LogP contribution in [0.25, 0.3) is 11.7 Å². The number of fused-ring (bicyclic) bond motifs is 1. The van der Waals surface area contributed by atoms with Gasteiger partial charge in [0, 0.05) is 32.4 Å². The van der Waals surface area contributed by atoms with Gasteiger partial charge in [-0.15, -0.1) is 0 Å². The third-order valence-electron chi connectivity index (χ3n) is 6.52. The van der Waals surface area contributed by atoms with Crippen molar-refractivity contribution in [2.75, 3.05) is 44.7 Å². The molecule has 2 saturated heterocycles. The average molecular weight is 522 g/mol. The first-order valence-electron chi connectivity index (χ1n) is 11.9. The lowest BCUT2D eigenvalue weighted by molar-refractivity contribution is -0.122. The summed E-state index contributed by atoms with van der Waals surface area (Å²) in [7, 11) is 1.62. The number of pyridine rings is 1. The number of hydrogen-bond acceptors (Lipinski definition) is 8. The van der Waals surface area contributed by atoms with Gasteiger partial charge in [-0.05, 0) is 42.4 Å². The van der Waals surface area contributed by atoms with Crippen molar-refractivity contribution in [2.24, 2.45) is 0 Å². The number of rotatable bonds is 6. The van der Waals surface area contributed by atoms with Crippen LogP contribution >= 0.6 is 24.0 Å². The number of likely N-dealkylation sites (N-methyl/N-ethyl adjacent to an activating group) is 1. The molecule has 1 aromatic carbocycles. The molecule has 2 aliphatic heterocycles. The van der Waals surface area contributed by atoms with Crippen molar-refractivity contribution in [1.82, 2.24) is 19.2 Å². The number of nitrogens with zero attached hydrogens (tertiary/aromatic N) is 5.